The second-order valence-corrected chi connectivity index (χ2v) is 9.56. The van der Waals surface area contributed by atoms with Gasteiger partial charge in [-0.3, -0.25) is 10.1 Å². The third-order valence-electron chi connectivity index (χ3n) is 7.18. The number of hydrogen-bond acceptors (Lipinski definition) is 4. The summed E-state index contributed by atoms with van der Waals surface area (Å²) < 4.78 is 0. The Bertz CT molecular complexity index is 1690. The second-order valence-electron chi connectivity index (χ2n) is 9.56. The van der Waals surface area contributed by atoms with Gasteiger partial charge in [-0.05, 0) is 85.0 Å². The van der Waals surface area contributed by atoms with Crippen LogP contribution in [-0.2, 0) is 0 Å². The van der Waals surface area contributed by atoms with E-state index >= 15 is 0 Å². The third-order valence-corrected chi connectivity index (χ3v) is 7.18. The normalized spacial score (nSPS) is 12.4. The number of aromatic nitrogens is 4. The molecular weight excluding hydrogens is 474 g/mol. The van der Waals surface area contributed by atoms with Gasteiger partial charge in [-0.2, -0.15) is 0 Å². The van der Waals surface area contributed by atoms with Gasteiger partial charge in [-0.1, -0.05) is 26.0 Å². The number of nitro groups is 1. The molecule has 0 unspecified atom stereocenters. The lowest BCUT2D eigenvalue weighted by Gasteiger charge is -2.14. The lowest BCUT2D eigenvalue weighted by molar-refractivity contribution is -0.384. The molecule has 7 heteroatoms. The van der Waals surface area contributed by atoms with Crippen LogP contribution in [0.5, 0.6) is 0 Å². The lowest BCUT2D eigenvalue weighted by Crippen LogP contribution is -2.01. The zero-order valence-corrected chi connectivity index (χ0v) is 21.2. The molecule has 0 atom stereocenters. The number of non-ortho nitro benzene ring substituents is 1. The molecule has 188 valence electrons. The van der Waals surface area contributed by atoms with Crippen LogP contribution in [0.25, 0.3) is 57.5 Å². The van der Waals surface area contributed by atoms with Gasteiger partial charge in [0.15, 0.2) is 0 Å². The maximum Gasteiger partial charge on any atom is 0.270 e. The molecule has 0 saturated carbocycles. The first-order chi connectivity index (χ1) is 18.5. The number of benzene rings is 1. The first kappa shape index (κ1) is 23.6. The summed E-state index contributed by atoms with van der Waals surface area (Å²) in [5, 5.41) is 11.5. The van der Waals surface area contributed by atoms with Crippen LogP contribution in [0.3, 0.4) is 0 Å². The van der Waals surface area contributed by atoms with Crippen molar-refractivity contribution in [2.75, 3.05) is 0 Å². The van der Waals surface area contributed by atoms with Crippen molar-refractivity contribution in [3.8, 4) is 11.1 Å². The quantitative estimate of drug-likeness (QED) is 0.184. The highest BCUT2D eigenvalue weighted by Gasteiger charge is 2.19. The van der Waals surface area contributed by atoms with E-state index in [1.807, 2.05) is 54.6 Å². The maximum absolute atomic E-state index is 11.5. The van der Waals surface area contributed by atoms with Crippen molar-refractivity contribution < 1.29 is 4.92 Å². The van der Waals surface area contributed by atoms with Gasteiger partial charge >= 0.3 is 0 Å². The summed E-state index contributed by atoms with van der Waals surface area (Å²) in [4.78, 5) is 28.1. The molecule has 0 amide bonds. The van der Waals surface area contributed by atoms with Crippen LogP contribution in [0, 0.1) is 10.1 Å². The average molecular weight is 502 g/mol. The van der Waals surface area contributed by atoms with Crippen molar-refractivity contribution in [1.82, 2.24) is 19.9 Å². The highest BCUT2D eigenvalue weighted by atomic mass is 16.6. The topological polar surface area (TPSA) is 100 Å². The van der Waals surface area contributed by atoms with E-state index in [2.05, 4.69) is 36.0 Å². The largest absolute Gasteiger partial charge is 0.355 e. The minimum atomic E-state index is -0.369. The molecule has 0 saturated heterocycles. The van der Waals surface area contributed by atoms with Crippen LogP contribution in [0.2, 0.25) is 0 Å². The van der Waals surface area contributed by atoms with Crippen molar-refractivity contribution >= 4 is 52.1 Å². The van der Waals surface area contributed by atoms with Crippen molar-refractivity contribution in [2.45, 2.75) is 32.6 Å². The molecule has 0 aliphatic carbocycles. The van der Waals surface area contributed by atoms with Gasteiger partial charge in [0.05, 0.1) is 27.7 Å². The summed E-state index contributed by atoms with van der Waals surface area (Å²) in [6.07, 6.45) is 10.3. The van der Waals surface area contributed by atoms with E-state index in [1.165, 1.54) is 11.6 Å². The monoisotopic (exact) mass is 501 g/mol. The molecule has 1 aromatic carbocycles. The molecule has 8 bridgehead atoms. The SMILES string of the molecule is CCC(CC)c1c2nc(cc3ccc([nH]3)c(-c3cccc([N+](=O)[O-])c3)c3ccc(cc4nc1C=C4)[nH]3)C=C2. The fraction of sp³-hybridized carbons (Fsp3) is 0.161. The van der Waals surface area contributed by atoms with Crippen LogP contribution < -0.4 is 0 Å². The van der Waals surface area contributed by atoms with Gasteiger partial charge < -0.3 is 9.97 Å². The highest BCUT2D eigenvalue weighted by Crippen LogP contribution is 2.33. The van der Waals surface area contributed by atoms with Crippen molar-refractivity contribution in [2.24, 2.45) is 0 Å². The number of nitrogens with one attached hydrogen (secondary N) is 2. The number of hydrogen-bond donors (Lipinski definition) is 2. The maximum atomic E-state index is 11.5. The van der Waals surface area contributed by atoms with Gasteiger partial charge in [0, 0.05) is 45.3 Å². The van der Waals surface area contributed by atoms with Crippen LogP contribution in [-0.4, -0.2) is 24.9 Å². The summed E-state index contributed by atoms with van der Waals surface area (Å²) in [6.45, 7) is 4.42. The Morgan fingerprint density at radius 2 is 1.37 bits per heavy atom. The van der Waals surface area contributed by atoms with Gasteiger partial charge in [0.2, 0.25) is 0 Å². The van der Waals surface area contributed by atoms with Gasteiger partial charge in [0.25, 0.3) is 5.69 Å². The zero-order valence-electron chi connectivity index (χ0n) is 21.2. The predicted molar refractivity (Wildman–Crippen MR) is 154 cm³/mol. The Morgan fingerprint density at radius 3 is 1.89 bits per heavy atom. The number of nitro benzene ring substituents is 1. The highest BCUT2D eigenvalue weighted by molar-refractivity contribution is 5.94. The van der Waals surface area contributed by atoms with E-state index in [0.29, 0.717) is 5.92 Å². The number of fused-ring (bicyclic) bond motifs is 8. The average Bonchev–Trinajstić information content (AvgIpc) is 3.73. The second kappa shape index (κ2) is 9.59. The molecule has 7 nitrogen and oxygen atoms in total. The van der Waals surface area contributed by atoms with Crippen LogP contribution in [0.4, 0.5) is 5.69 Å². The summed E-state index contributed by atoms with van der Waals surface area (Å²) in [5.41, 5.74) is 9.95. The minimum absolute atomic E-state index is 0.0466. The molecule has 3 aromatic heterocycles. The molecule has 6 rings (SSSR count). The summed E-state index contributed by atoms with van der Waals surface area (Å²) in [6, 6.07) is 18.8. The van der Waals surface area contributed by atoms with E-state index in [1.54, 1.807) is 12.1 Å². The summed E-state index contributed by atoms with van der Waals surface area (Å²) >= 11 is 0. The Morgan fingerprint density at radius 1 is 0.789 bits per heavy atom. The molecule has 4 aromatic rings. The zero-order chi connectivity index (χ0) is 26.2. The predicted octanol–water partition coefficient (Wildman–Crippen LogP) is 8.13. The van der Waals surface area contributed by atoms with Crippen molar-refractivity contribution in [1.29, 1.82) is 0 Å². The molecule has 0 fully saturated rings. The van der Waals surface area contributed by atoms with Crippen LogP contribution >= 0.6 is 0 Å². The Labute approximate surface area is 219 Å². The number of H-pyrrole nitrogens is 2. The molecule has 2 aliphatic rings. The van der Waals surface area contributed by atoms with Gasteiger partial charge in [0.1, 0.15) is 0 Å². The summed E-state index contributed by atoms with van der Waals surface area (Å²) in [7, 11) is 0. The molecule has 38 heavy (non-hydrogen) atoms. The van der Waals surface area contributed by atoms with Crippen molar-refractivity contribution in [3.05, 3.63) is 99.1 Å². The van der Waals surface area contributed by atoms with Gasteiger partial charge in [-0.25, -0.2) is 9.97 Å². The third kappa shape index (κ3) is 4.32. The van der Waals surface area contributed by atoms with Gasteiger partial charge in [-0.15, -0.1) is 0 Å². The van der Waals surface area contributed by atoms with E-state index in [0.717, 1.165) is 68.8 Å². The van der Waals surface area contributed by atoms with Crippen LogP contribution in [0.15, 0.2) is 60.7 Å². The van der Waals surface area contributed by atoms with Crippen LogP contribution in [0.1, 0.15) is 60.9 Å². The smallest absolute Gasteiger partial charge is 0.270 e. The van der Waals surface area contributed by atoms with Crippen molar-refractivity contribution in [3.63, 3.8) is 0 Å². The Kier molecular flexibility index (Phi) is 5.96. The van der Waals surface area contributed by atoms with E-state index in [9.17, 15) is 10.1 Å². The molecule has 0 spiro atoms. The standard InChI is InChI=1S/C31H27N5O2/c1-3-19(4-2)30-26-12-8-21(32-26)17-23-10-14-28(34-23)31(20-6-5-7-25(16-20)36(37)38)29-15-11-24(35-29)18-22-9-13-27(30)33-22/h5-19,34-35H,3-4H2,1-2H3. The first-order valence-corrected chi connectivity index (χ1v) is 12.9. The number of aromatic amines is 2. The Balaban J connectivity index is 1.69. The molecule has 5 heterocycles. The summed E-state index contributed by atoms with van der Waals surface area (Å²) in [5.74, 6) is 0.362. The lowest BCUT2D eigenvalue weighted by atomic mass is 9.91. The Hall–Kier alpha value is -4.78. The van der Waals surface area contributed by atoms with E-state index in [4.69, 9.17) is 9.97 Å². The minimum Gasteiger partial charge on any atom is -0.355 e. The molecule has 2 aliphatic heterocycles. The fourth-order valence-corrected chi connectivity index (χ4v) is 5.30. The molecule has 0 radical (unpaired) electrons. The molecular formula is C31H27N5O2. The number of nitrogens with zero attached hydrogens (tertiary/aromatic N) is 3. The fourth-order valence-electron chi connectivity index (χ4n) is 5.30. The van der Waals surface area contributed by atoms with E-state index in [-0.39, 0.29) is 10.6 Å². The number of rotatable bonds is 5. The molecule has 2 N–H and O–H groups in total. The van der Waals surface area contributed by atoms with E-state index < -0.39 is 0 Å². The first-order valence-electron chi connectivity index (χ1n) is 12.9.